The lowest BCUT2D eigenvalue weighted by Crippen LogP contribution is -2.40. The van der Waals surface area contributed by atoms with Crippen molar-refractivity contribution in [3.8, 4) is 0 Å². The SMILES string of the molecule is CC(C)(C(=O)O)c1cnc(NC[C@H]2CCCCO2)nc1N1CCOCC1. The second-order valence-electron chi connectivity index (χ2n) is 7.33. The molecule has 0 unspecified atom stereocenters. The topological polar surface area (TPSA) is 96.8 Å². The number of aromatic nitrogens is 2. The molecular formula is C18H28N4O4. The van der Waals surface area contributed by atoms with Crippen molar-refractivity contribution in [2.45, 2.75) is 44.6 Å². The van der Waals surface area contributed by atoms with Crippen molar-refractivity contribution in [2.24, 2.45) is 0 Å². The fourth-order valence-corrected chi connectivity index (χ4v) is 3.20. The van der Waals surface area contributed by atoms with Crippen molar-refractivity contribution >= 4 is 17.7 Å². The van der Waals surface area contributed by atoms with E-state index in [0.717, 1.165) is 19.4 Å². The largest absolute Gasteiger partial charge is 0.481 e. The molecule has 0 radical (unpaired) electrons. The second-order valence-corrected chi connectivity index (χ2v) is 7.33. The van der Waals surface area contributed by atoms with Crippen LogP contribution in [0.15, 0.2) is 6.20 Å². The third-order valence-corrected chi connectivity index (χ3v) is 5.05. The van der Waals surface area contributed by atoms with Crippen LogP contribution >= 0.6 is 0 Å². The molecule has 1 aromatic heterocycles. The van der Waals surface area contributed by atoms with E-state index in [1.807, 2.05) is 0 Å². The van der Waals surface area contributed by atoms with Crippen LogP contribution in [-0.2, 0) is 19.7 Å². The number of carboxylic acids is 1. The van der Waals surface area contributed by atoms with Gasteiger partial charge in [-0.1, -0.05) is 0 Å². The molecule has 1 atom stereocenters. The maximum atomic E-state index is 11.7. The van der Waals surface area contributed by atoms with E-state index in [2.05, 4.69) is 20.2 Å². The van der Waals surface area contributed by atoms with Gasteiger partial charge in [-0.2, -0.15) is 4.98 Å². The lowest BCUT2D eigenvalue weighted by Gasteiger charge is -2.32. The molecule has 0 aliphatic carbocycles. The van der Waals surface area contributed by atoms with Crippen LogP contribution in [-0.4, -0.2) is 66.6 Å². The maximum absolute atomic E-state index is 11.7. The van der Waals surface area contributed by atoms with E-state index in [-0.39, 0.29) is 6.10 Å². The predicted octanol–water partition coefficient (Wildman–Crippen LogP) is 1.66. The van der Waals surface area contributed by atoms with Crippen molar-refractivity contribution < 1.29 is 19.4 Å². The van der Waals surface area contributed by atoms with Crippen LogP contribution in [0.25, 0.3) is 0 Å². The Kier molecular flexibility index (Phi) is 5.93. The van der Waals surface area contributed by atoms with Gasteiger partial charge in [-0.3, -0.25) is 4.79 Å². The van der Waals surface area contributed by atoms with Gasteiger partial charge in [0, 0.05) is 38.0 Å². The average Bonchev–Trinajstić information content (AvgIpc) is 2.67. The maximum Gasteiger partial charge on any atom is 0.313 e. The molecule has 8 heteroatoms. The molecule has 8 nitrogen and oxygen atoms in total. The highest BCUT2D eigenvalue weighted by atomic mass is 16.5. The van der Waals surface area contributed by atoms with E-state index in [0.29, 0.717) is 50.2 Å². The minimum Gasteiger partial charge on any atom is -0.481 e. The number of carbonyl (C=O) groups is 1. The number of anilines is 2. The molecule has 0 saturated carbocycles. The molecule has 0 aromatic carbocycles. The smallest absolute Gasteiger partial charge is 0.313 e. The summed E-state index contributed by atoms with van der Waals surface area (Å²) in [5.41, 5.74) is -0.454. The van der Waals surface area contributed by atoms with Crippen LogP contribution in [0.4, 0.5) is 11.8 Å². The number of rotatable bonds is 6. The molecule has 3 rings (SSSR count). The number of aliphatic carboxylic acids is 1. The Morgan fingerprint density at radius 1 is 1.35 bits per heavy atom. The number of hydrogen-bond acceptors (Lipinski definition) is 7. The molecule has 2 aliphatic heterocycles. The minimum atomic E-state index is -1.07. The van der Waals surface area contributed by atoms with Crippen LogP contribution < -0.4 is 10.2 Å². The van der Waals surface area contributed by atoms with Crippen molar-refractivity contribution in [3.63, 3.8) is 0 Å². The molecule has 0 amide bonds. The van der Waals surface area contributed by atoms with Crippen LogP contribution in [0.2, 0.25) is 0 Å². The lowest BCUT2D eigenvalue weighted by molar-refractivity contribution is -0.142. The first-order valence-electron chi connectivity index (χ1n) is 9.27. The van der Waals surface area contributed by atoms with Crippen LogP contribution in [0.5, 0.6) is 0 Å². The first-order valence-corrected chi connectivity index (χ1v) is 9.27. The first-order chi connectivity index (χ1) is 12.5. The third kappa shape index (κ3) is 4.24. The summed E-state index contributed by atoms with van der Waals surface area (Å²) < 4.78 is 11.2. The van der Waals surface area contributed by atoms with E-state index in [1.54, 1.807) is 20.0 Å². The van der Waals surface area contributed by atoms with Gasteiger partial charge < -0.3 is 24.8 Å². The van der Waals surface area contributed by atoms with Crippen LogP contribution in [0.1, 0.15) is 38.7 Å². The van der Waals surface area contributed by atoms with Crippen molar-refractivity contribution in [3.05, 3.63) is 11.8 Å². The van der Waals surface area contributed by atoms with Gasteiger partial charge in [0.1, 0.15) is 5.82 Å². The van der Waals surface area contributed by atoms with E-state index in [9.17, 15) is 9.90 Å². The van der Waals surface area contributed by atoms with Gasteiger partial charge >= 0.3 is 5.97 Å². The van der Waals surface area contributed by atoms with Gasteiger partial charge in [0.25, 0.3) is 0 Å². The predicted molar refractivity (Wildman–Crippen MR) is 97.8 cm³/mol. The van der Waals surface area contributed by atoms with Crippen LogP contribution in [0.3, 0.4) is 0 Å². The highest BCUT2D eigenvalue weighted by Gasteiger charge is 2.35. The Morgan fingerprint density at radius 3 is 2.77 bits per heavy atom. The van der Waals surface area contributed by atoms with Gasteiger partial charge in [-0.05, 0) is 33.1 Å². The molecule has 0 spiro atoms. The number of hydrogen-bond donors (Lipinski definition) is 2. The normalized spacial score (nSPS) is 21.5. The Bertz CT molecular complexity index is 626. The Hall–Kier alpha value is -1.93. The van der Waals surface area contributed by atoms with E-state index in [1.165, 1.54) is 6.42 Å². The number of nitrogens with one attached hydrogen (secondary N) is 1. The molecule has 3 heterocycles. The summed E-state index contributed by atoms with van der Waals surface area (Å²) in [5.74, 6) is 0.278. The lowest BCUT2D eigenvalue weighted by atomic mass is 9.85. The quantitative estimate of drug-likeness (QED) is 0.787. The summed E-state index contributed by atoms with van der Waals surface area (Å²) in [6, 6.07) is 0. The van der Waals surface area contributed by atoms with Gasteiger partial charge in [0.2, 0.25) is 5.95 Å². The first kappa shape index (κ1) is 18.8. The van der Waals surface area contributed by atoms with Gasteiger partial charge in [0.15, 0.2) is 0 Å². The Labute approximate surface area is 153 Å². The van der Waals surface area contributed by atoms with E-state index >= 15 is 0 Å². The molecule has 2 N–H and O–H groups in total. The molecule has 2 aliphatic rings. The average molecular weight is 364 g/mol. The van der Waals surface area contributed by atoms with Gasteiger partial charge in [0.05, 0.1) is 24.7 Å². The third-order valence-electron chi connectivity index (χ3n) is 5.05. The summed E-state index contributed by atoms with van der Waals surface area (Å²) in [4.78, 5) is 22.8. The second kappa shape index (κ2) is 8.18. The summed E-state index contributed by atoms with van der Waals surface area (Å²) in [5, 5.41) is 12.9. The van der Waals surface area contributed by atoms with E-state index in [4.69, 9.17) is 9.47 Å². The number of carboxylic acid groups (broad SMARTS) is 1. The van der Waals surface area contributed by atoms with Crippen molar-refractivity contribution in [1.82, 2.24) is 9.97 Å². The Balaban J connectivity index is 1.82. The molecule has 0 bridgehead atoms. The number of nitrogens with zero attached hydrogens (tertiary/aromatic N) is 3. The monoisotopic (exact) mass is 364 g/mol. The molecule has 2 saturated heterocycles. The molecular weight excluding hydrogens is 336 g/mol. The zero-order chi connectivity index (χ0) is 18.6. The number of morpholine rings is 1. The summed E-state index contributed by atoms with van der Waals surface area (Å²) in [7, 11) is 0. The molecule has 2 fully saturated rings. The molecule has 26 heavy (non-hydrogen) atoms. The summed E-state index contributed by atoms with van der Waals surface area (Å²) in [6.07, 6.45) is 5.14. The Morgan fingerprint density at radius 2 is 2.12 bits per heavy atom. The van der Waals surface area contributed by atoms with E-state index < -0.39 is 11.4 Å². The number of ether oxygens (including phenoxy) is 2. The summed E-state index contributed by atoms with van der Waals surface area (Å²) in [6.45, 7) is 7.41. The molecule has 1 aromatic rings. The van der Waals surface area contributed by atoms with Crippen LogP contribution in [0, 0.1) is 0 Å². The van der Waals surface area contributed by atoms with Crippen molar-refractivity contribution in [2.75, 3.05) is 49.7 Å². The summed E-state index contributed by atoms with van der Waals surface area (Å²) >= 11 is 0. The fraction of sp³-hybridized carbons (Fsp3) is 0.722. The standard InChI is InChI=1S/C18H28N4O4/c1-18(2,16(23)24)14-12-20-17(19-11-13-5-3-4-8-26-13)21-15(14)22-6-9-25-10-7-22/h12-13H,3-11H2,1-2H3,(H,23,24)(H,19,20,21)/t13-/m1/s1. The van der Waals surface area contributed by atoms with Gasteiger partial charge in [-0.15, -0.1) is 0 Å². The zero-order valence-electron chi connectivity index (χ0n) is 15.5. The highest BCUT2D eigenvalue weighted by Crippen LogP contribution is 2.32. The van der Waals surface area contributed by atoms with Crippen molar-refractivity contribution in [1.29, 1.82) is 0 Å². The van der Waals surface area contributed by atoms with Gasteiger partial charge in [-0.25, -0.2) is 4.98 Å². The fourth-order valence-electron chi connectivity index (χ4n) is 3.20. The highest BCUT2D eigenvalue weighted by molar-refractivity contribution is 5.82. The minimum absolute atomic E-state index is 0.175. The molecule has 144 valence electrons. The zero-order valence-corrected chi connectivity index (χ0v) is 15.5.